The summed E-state index contributed by atoms with van der Waals surface area (Å²) >= 11 is 1.37. The second kappa shape index (κ2) is 9.23. The van der Waals surface area contributed by atoms with Gasteiger partial charge in [0.25, 0.3) is 5.91 Å². The van der Waals surface area contributed by atoms with Crippen LogP contribution in [-0.4, -0.2) is 66.4 Å². The van der Waals surface area contributed by atoms with Gasteiger partial charge < -0.3 is 19.9 Å². The lowest BCUT2D eigenvalue weighted by molar-refractivity contribution is -0.116. The number of carbonyl (C=O) groups excluding carboxylic acids is 2. The molecule has 2 amide bonds. The van der Waals surface area contributed by atoms with Gasteiger partial charge in [-0.1, -0.05) is 29.5 Å². The monoisotopic (exact) mass is 424 g/mol. The Hall–Kier alpha value is -2.97. The van der Waals surface area contributed by atoms with Crippen LogP contribution in [0.2, 0.25) is 0 Å². The van der Waals surface area contributed by atoms with Gasteiger partial charge in [-0.15, -0.1) is 0 Å². The molecule has 4 rings (SSSR count). The molecule has 0 bridgehead atoms. The molecule has 1 aliphatic heterocycles. The molecule has 8 heteroatoms. The van der Waals surface area contributed by atoms with Crippen molar-refractivity contribution in [2.24, 2.45) is 0 Å². The standard InChI is InChI=1S/C22H24N4O3S/c1-25-10-12-26(13-11-25)21(28)16-7-8-18-19(15-16)30-22(23-18)24-20(27)9-14-29-17-5-3-2-4-6-17/h2-8,15H,9-14H2,1H3,(H,23,24,27). The second-order valence-electron chi connectivity index (χ2n) is 7.26. The van der Waals surface area contributed by atoms with Gasteiger partial charge in [0.15, 0.2) is 5.13 Å². The van der Waals surface area contributed by atoms with Gasteiger partial charge in [-0.2, -0.15) is 0 Å². The summed E-state index contributed by atoms with van der Waals surface area (Å²) in [6, 6.07) is 14.9. The van der Waals surface area contributed by atoms with E-state index in [-0.39, 0.29) is 18.2 Å². The van der Waals surface area contributed by atoms with Crippen molar-refractivity contribution < 1.29 is 14.3 Å². The van der Waals surface area contributed by atoms with Crippen molar-refractivity contribution in [3.05, 3.63) is 54.1 Å². The molecule has 0 radical (unpaired) electrons. The third-order valence-electron chi connectivity index (χ3n) is 5.01. The van der Waals surface area contributed by atoms with Gasteiger partial charge in [0, 0.05) is 31.7 Å². The van der Waals surface area contributed by atoms with Crippen LogP contribution >= 0.6 is 11.3 Å². The maximum atomic E-state index is 12.8. The Labute approximate surface area is 179 Å². The van der Waals surface area contributed by atoms with Crippen LogP contribution in [0, 0.1) is 0 Å². The highest BCUT2D eigenvalue weighted by Gasteiger charge is 2.21. The number of hydrogen-bond donors (Lipinski definition) is 1. The topological polar surface area (TPSA) is 74.8 Å². The Kier molecular flexibility index (Phi) is 6.25. The lowest BCUT2D eigenvalue weighted by Crippen LogP contribution is -2.47. The average Bonchev–Trinajstić information content (AvgIpc) is 3.16. The molecule has 0 unspecified atom stereocenters. The molecule has 0 saturated carbocycles. The predicted molar refractivity (Wildman–Crippen MR) is 118 cm³/mol. The number of amides is 2. The number of rotatable bonds is 6. The molecular formula is C22H24N4O3S. The highest BCUT2D eigenvalue weighted by molar-refractivity contribution is 7.22. The Bertz CT molecular complexity index is 1030. The van der Waals surface area contributed by atoms with Crippen molar-refractivity contribution >= 4 is 38.5 Å². The van der Waals surface area contributed by atoms with E-state index in [0.717, 1.165) is 42.1 Å². The van der Waals surface area contributed by atoms with Crippen LogP contribution in [0.5, 0.6) is 5.75 Å². The van der Waals surface area contributed by atoms with Crippen molar-refractivity contribution in [1.82, 2.24) is 14.8 Å². The van der Waals surface area contributed by atoms with Crippen LogP contribution in [0.1, 0.15) is 16.8 Å². The van der Waals surface area contributed by atoms with Crippen LogP contribution in [0.4, 0.5) is 5.13 Å². The smallest absolute Gasteiger partial charge is 0.253 e. The first kappa shape index (κ1) is 20.3. The number of carbonyl (C=O) groups is 2. The highest BCUT2D eigenvalue weighted by atomic mass is 32.1. The van der Waals surface area contributed by atoms with Gasteiger partial charge in [-0.25, -0.2) is 4.98 Å². The summed E-state index contributed by atoms with van der Waals surface area (Å²) in [5.74, 6) is 0.628. The van der Waals surface area contributed by atoms with Crippen LogP contribution in [0.15, 0.2) is 48.5 Å². The lowest BCUT2D eigenvalue weighted by atomic mass is 10.1. The van der Waals surface area contributed by atoms with E-state index in [2.05, 4.69) is 22.2 Å². The van der Waals surface area contributed by atoms with Crippen LogP contribution in [0.25, 0.3) is 10.2 Å². The number of nitrogens with zero attached hydrogens (tertiary/aromatic N) is 3. The Morgan fingerprint density at radius 2 is 1.87 bits per heavy atom. The molecule has 1 aliphatic rings. The first-order valence-electron chi connectivity index (χ1n) is 9.94. The van der Waals surface area contributed by atoms with Crippen molar-refractivity contribution in [3.63, 3.8) is 0 Å². The van der Waals surface area contributed by atoms with Crippen molar-refractivity contribution in [2.45, 2.75) is 6.42 Å². The number of anilines is 1. The number of piperazine rings is 1. The fourth-order valence-electron chi connectivity index (χ4n) is 3.26. The number of fused-ring (bicyclic) bond motifs is 1. The molecule has 7 nitrogen and oxygen atoms in total. The third-order valence-corrected chi connectivity index (χ3v) is 5.95. The second-order valence-corrected chi connectivity index (χ2v) is 8.29. The summed E-state index contributed by atoms with van der Waals surface area (Å²) in [7, 11) is 2.06. The normalized spacial score (nSPS) is 14.6. The average molecular weight is 425 g/mol. The summed E-state index contributed by atoms with van der Waals surface area (Å²) in [5, 5.41) is 3.35. The van der Waals surface area contributed by atoms with E-state index in [9.17, 15) is 9.59 Å². The molecule has 2 aromatic carbocycles. The third kappa shape index (κ3) is 4.95. The Morgan fingerprint density at radius 1 is 1.10 bits per heavy atom. The van der Waals surface area contributed by atoms with E-state index in [1.165, 1.54) is 11.3 Å². The van der Waals surface area contributed by atoms with Crippen LogP contribution in [0.3, 0.4) is 0 Å². The molecule has 1 saturated heterocycles. The van der Waals surface area contributed by atoms with E-state index in [0.29, 0.717) is 17.3 Å². The lowest BCUT2D eigenvalue weighted by Gasteiger charge is -2.32. The number of nitrogens with one attached hydrogen (secondary N) is 1. The number of ether oxygens (including phenoxy) is 1. The van der Waals surface area contributed by atoms with Crippen molar-refractivity contribution in [2.75, 3.05) is 45.2 Å². The molecule has 1 aromatic heterocycles. The predicted octanol–water partition coefficient (Wildman–Crippen LogP) is 3.09. The molecule has 1 fully saturated rings. The van der Waals surface area contributed by atoms with Crippen LogP contribution in [-0.2, 0) is 4.79 Å². The summed E-state index contributed by atoms with van der Waals surface area (Å²) in [5.41, 5.74) is 1.43. The molecule has 30 heavy (non-hydrogen) atoms. The first-order valence-corrected chi connectivity index (χ1v) is 10.8. The minimum Gasteiger partial charge on any atom is -0.493 e. The van der Waals surface area contributed by atoms with E-state index >= 15 is 0 Å². The SMILES string of the molecule is CN1CCN(C(=O)c2ccc3nc(NC(=O)CCOc4ccccc4)sc3c2)CC1. The number of thiazole rings is 1. The van der Waals surface area contributed by atoms with Crippen LogP contribution < -0.4 is 10.1 Å². The van der Waals surface area contributed by atoms with E-state index in [1.54, 1.807) is 0 Å². The van der Waals surface area contributed by atoms with E-state index < -0.39 is 0 Å². The number of benzene rings is 2. The molecule has 0 aliphatic carbocycles. The molecule has 0 atom stereocenters. The highest BCUT2D eigenvalue weighted by Crippen LogP contribution is 2.27. The number of para-hydroxylation sites is 1. The zero-order chi connectivity index (χ0) is 20.9. The van der Waals surface area contributed by atoms with Crippen molar-refractivity contribution in [1.29, 1.82) is 0 Å². The van der Waals surface area contributed by atoms with E-state index in [4.69, 9.17) is 4.74 Å². The summed E-state index contributed by atoms with van der Waals surface area (Å²) in [4.78, 5) is 33.5. The maximum absolute atomic E-state index is 12.8. The number of likely N-dealkylation sites (N-methyl/N-ethyl adjacent to an activating group) is 1. The van der Waals surface area contributed by atoms with E-state index in [1.807, 2.05) is 53.4 Å². The van der Waals surface area contributed by atoms with Gasteiger partial charge in [-0.3, -0.25) is 9.59 Å². The Morgan fingerprint density at radius 3 is 2.63 bits per heavy atom. The maximum Gasteiger partial charge on any atom is 0.253 e. The number of aromatic nitrogens is 1. The number of hydrogen-bond acceptors (Lipinski definition) is 6. The minimum absolute atomic E-state index is 0.0436. The van der Waals surface area contributed by atoms with Gasteiger partial charge in [-0.05, 0) is 37.4 Å². The summed E-state index contributed by atoms with van der Waals surface area (Å²) < 4.78 is 6.44. The fraction of sp³-hybridized carbons (Fsp3) is 0.318. The molecule has 3 aromatic rings. The Balaban J connectivity index is 1.35. The van der Waals surface area contributed by atoms with Gasteiger partial charge in [0.1, 0.15) is 5.75 Å². The zero-order valence-corrected chi connectivity index (χ0v) is 17.7. The summed E-state index contributed by atoms with van der Waals surface area (Å²) in [6.07, 6.45) is 0.234. The molecule has 1 N–H and O–H groups in total. The van der Waals surface area contributed by atoms with Gasteiger partial charge in [0.05, 0.1) is 23.2 Å². The fourth-order valence-corrected chi connectivity index (χ4v) is 4.18. The van der Waals surface area contributed by atoms with Gasteiger partial charge in [0.2, 0.25) is 5.91 Å². The first-order chi connectivity index (χ1) is 14.6. The van der Waals surface area contributed by atoms with Gasteiger partial charge >= 0.3 is 0 Å². The molecule has 2 heterocycles. The largest absolute Gasteiger partial charge is 0.493 e. The quantitative estimate of drug-likeness (QED) is 0.658. The van der Waals surface area contributed by atoms with Crippen molar-refractivity contribution in [3.8, 4) is 5.75 Å². The molecule has 0 spiro atoms. The zero-order valence-electron chi connectivity index (χ0n) is 16.8. The minimum atomic E-state index is -0.154. The summed E-state index contributed by atoms with van der Waals surface area (Å²) in [6.45, 7) is 3.55. The molecule has 156 valence electrons. The molecular weight excluding hydrogens is 400 g/mol.